The number of para-hydroxylation sites is 2. The zero-order valence-electron chi connectivity index (χ0n) is 13.4. The zero-order valence-corrected chi connectivity index (χ0v) is 13.4. The highest BCUT2D eigenvalue weighted by Gasteiger charge is 2.25. The SMILES string of the molecule is O=C(c1cnc2ccccc2n1)N1CCC(Cc2ncc[nH]2)CC1. The van der Waals surface area contributed by atoms with Crippen LogP contribution < -0.4 is 0 Å². The Kier molecular flexibility index (Phi) is 3.94. The molecule has 1 fully saturated rings. The number of likely N-dealkylation sites (tertiary alicyclic amines) is 1. The minimum atomic E-state index is -0.0234. The minimum Gasteiger partial charge on any atom is -0.349 e. The maximum Gasteiger partial charge on any atom is 0.274 e. The van der Waals surface area contributed by atoms with Gasteiger partial charge in [-0.2, -0.15) is 0 Å². The Labute approximate surface area is 140 Å². The predicted octanol–water partition coefficient (Wildman–Crippen LogP) is 2.45. The van der Waals surface area contributed by atoms with Gasteiger partial charge < -0.3 is 9.88 Å². The Morgan fingerprint density at radius 3 is 2.71 bits per heavy atom. The van der Waals surface area contributed by atoms with E-state index in [-0.39, 0.29) is 5.91 Å². The Bertz CT molecular complexity index is 838. The molecule has 6 nitrogen and oxygen atoms in total. The number of hydrogen-bond acceptors (Lipinski definition) is 4. The van der Waals surface area contributed by atoms with E-state index in [4.69, 9.17) is 0 Å². The number of nitrogens with zero attached hydrogens (tertiary/aromatic N) is 4. The molecular weight excluding hydrogens is 302 g/mol. The number of carbonyl (C=O) groups is 1. The van der Waals surface area contributed by atoms with E-state index in [1.165, 1.54) is 0 Å². The van der Waals surface area contributed by atoms with E-state index in [0.29, 0.717) is 11.6 Å². The third-order valence-corrected chi connectivity index (χ3v) is 4.61. The monoisotopic (exact) mass is 321 g/mol. The molecule has 3 aromatic rings. The molecule has 0 unspecified atom stereocenters. The second-order valence-electron chi connectivity index (χ2n) is 6.22. The van der Waals surface area contributed by atoms with Crippen molar-refractivity contribution < 1.29 is 4.79 Å². The first-order chi connectivity index (χ1) is 11.8. The van der Waals surface area contributed by atoms with Crippen LogP contribution in [0.5, 0.6) is 0 Å². The third-order valence-electron chi connectivity index (χ3n) is 4.61. The smallest absolute Gasteiger partial charge is 0.274 e. The van der Waals surface area contributed by atoms with Crippen LogP contribution in [0.2, 0.25) is 0 Å². The molecule has 0 radical (unpaired) electrons. The molecular formula is C18H19N5O. The van der Waals surface area contributed by atoms with Crippen LogP contribution in [0.1, 0.15) is 29.2 Å². The van der Waals surface area contributed by atoms with Crippen LogP contribution in [0.3, 0.4) is 0 Å². The second-order valence-corrected chi connectivity index (χ2v) is 6.22. The molecule has 0 aliphatic carbocycles. The molecule has 0 atom stereocenters. The van der Waals surface area contributed by atoms with Crippen molar-refractivity contribution in [1.82, 2.24) is 24.8 Å². The molecule has 1 saturated heterocycles. The maximum atomic E-state index is 12.7. The molecule has 1 aliphatic heterocycles. The Morgan fingerprint density at radius 1 is 1.17 bits per heavy atom. The van der Waals surface area contributed by atoms with Crippen molar-refractivity contribution in [3.8, 4) is 0 Å². The summed E-state index contributed by atoms with van der Waals surface area (Å²) in [5.74, 6) is 1.58. The molecule has 1 aliphatic rings. The highest BCUT2D eigenvalue weighted by atomic mass is 16.2. The number of fused-ring (bicyclic) bond motifs is 1. The number of piperidine rings is 1. The quantitative estimate of drug-likeness (QED) is 0.804. The van der Waals surface area contributed by atoms with Gasteiger partial charge in [0.15, 0.2) is 0 Å². The fourth-order valence-electron chi connectivity index (χ4n) is 3.25. The molecule has 1 N–H and O–H groups in total. The predicted molar refractivity (Wildman–Crippen MR) is 90.5 cm³/mol. The molecule has 2 aromatic heterocycles. The summed E-state index contributed by atoms with van der Waals surface area (Å²) in [4.78, 5) is 30.8. The first-order valence-electron chi connectivity index (χ1n) is 8.29. The van der Waals surface area contributed by atoms with Gasteiger partial charge in [-0.1, -0.05) is 12.1 Å². The molecule has 4 rings (SSSR count). The number of aromatic nitrogens is 4. The minimum absolute atomic E-state index is 0.0234. The van der Waals surface area contributed by atoms with E-state index in [1.807, 2.05) is 35.4 Å². The highest BCUT2D eigenvalue weighted by molar-refractivity contribution is 5.93. The molecule has 6 heteroatoms. The van der Waals surface area contributed by atoms with Gasteiger partial charge in [-0.25, -0.2) is 9.97 Å². The Balaban J connectivity index is 1.41. The average molecular weight is 321 g/mol. The van der Waals surface area contributed by atoms with Gasteiger partial charge in [0.25, 0.3) is 5.91 Å². The van der Waals surface area contributed by atoms with E-state index in [1.54, 1.807) is 12.4 Å². The van der Waals surface area contributed by atoms with Crippen LogP contribution in [0.15, 0.2) is 42.9 Å². The van der Waals surface area contributed by atoms with E-state index in [2.05, 4.69) is 19.9 Å². The lowest BCUT2D eigenvalue weighted by Crippen LogP contribution is -2.39. The number of benzene rings is 1. The average Bonchev–Trinajstić information content (AvgIpc) is 3.14. The van der Waals surface area contributed by atoms with Crippen molar-refractivity contribution in [2.75, 3.05) is 13.1 Å². The van der Waals surface area contributed by atoms with Crippen molar-refractivity contribution in [2.24, 2.45) is 5.92 Å². The number of hydrogen-bond donors (Lipinski definition) is 1. The summed E-state index contributed by atoms with van der Waals surface area (Å²) in [6, 6.07) is 7.61. The lowest BCUT2D eigenvalue weighted by Gasteiger charge is -2.31. The van der Waals surface area contributed by atoms with Gasteiger partial charge in [0.2, 0.25) is 0 Å². The summed E-state index contributed by atoms with van der Waals surface area (Å²) >= 11 is 0. The summed E-state index contributed by atoms with van der Waals surface area (Å²) in [6.45, 7) is 1.53. The molecule has 3 heterocycles. The van der Waals surface area contributed by atoms with Crippen LogP contribution in [-0.2, 0) is 6.42 Å². The van der Waals surface area contributed by atoms with Crippen molar-refractivity contribution in [3.05, 3.63) is 54.4 Å². The van der Waals surface area contributed by atoms with Crippen molar-refractivity contribution >= 4 is 16.9 Å². The topological polar surface area (TPSA) is 74.8 Å². The van der Waals surface area contributed by atoms with Gasteiger partial charge >= 0.3 is 0 Å². The largest absolute Gasteiger partial charge is 0.349 e. The lowest BCUT2D eigenvalue weighted by atomic mass is 9.93. The number of imidazole rings is 1. The van der Waals surface area contributed by atoms with E-state index < -0.39 is 0 Å². The summed E-state index contributed by atoms with van der Waals surface area (Å²) in [5, 5.41) is 0. The van der Waals surface area contributed by atoms with Gasteiger partial charge in [0.05, 0.1) is 17.2 Å². The summed E-state index contributed by atoms with van der Waals surface area (Å²) in [5.41, 5.74) is 2.00. The van der Waals surface area contributed by atoms with Crippen molar-refractivity contribution in [1.29, 1.82) is 0 Å². The third kappa shape index (κ3) is 2.99. The number of nitrogens with one attached hydrogen (secondary N) is 1. The van der Waals surface area contributed by atoms with Gasteiger partial charge in [-0.15, -0.1) is 0 Å². The molecule has 0 bridgehead atoms. The molecule has 1 aromatic carbocycles. The summed E-state index contributed by atoms with van der Waals surface area (Å²) in [6.07, 6.45) is 8.16. The molecule has 0 saturated carbocycles. The number of rotatable bonds is 3. The van der Waals surface area contributed by atoms with E-state index >= 15 is 0 Å². The highest BCUT2D eigenvalue weighted by Crippen LogP contribution is 2.21. The fraction of sp³-hybridized carbons (Fsp3) is 0.333. The van der Waals surface area contributed by atoms with Crippen LogP contribution in [0.4, 0.5) is 0 Å². The molecule has 122 valence electrons. The van der Waals surface area contributed by atoms with Gasteiger partial charge in [-0.3, -0.25) is 9.78 Å². The van der Waals surface area contributed by atoms with Crippen molar-refractivity contribution in [3.63, 3.8) is 0 Å². The Hall–Kier alpha value is -2.76. The number of aromatic amines is 1. The van der Waals surface area contributed by atoms with Gasteiger partial charge in [0.1, 0.15) is 11.5 Å². The number of amides is 1. The maximum absolute atomic E-state index is 12.7. The molecule has 0 spiro atoms. The summed E-state index contributed by atoms with van der Waals surface area (Å²) in [7, 11) is 0. The van der Waals surface area contributed by atoms with E-state index in [0.717, 1.165) is 49.2 Å². The van der Waals surface area contributed by atoms with Crippen molar-refractivity contribution in [2.45, 2.75) is 19.3 Å². The van der Waals surface area contributed by atoms with Crippen LogP contribution in [-0.4, -0.2) is 43.8 Å². The standard InChI is InChI=1S/C18H19N5O/c24-18(16-12-21-14-3-1-2-4-15(14)22-16)23-9-5-13(6-10-23)11-17-19-7-8-20-17/h1-4,7-8,12-13H,5-6,9-11H2,(H,19,20). The van der Waals surface area contributed by atoms with Crippen LogP contribution in [0.25, 0.3) is 11.0 Å². The molecule has 1 amide bonds. The second kappa shape index (κ2) is 6.39. The normalized spacial score (nSPS) is 15.8. The van der Waals surface area contributed by atoms with Gasteiger partial charge in [-0.05, 0) is 30.9 Å². The number of H-pyrrole nitrogens is 1. The van der Waals surface area contributed by atoms with Crippen LogP contribution >= 0.6 is 0 Å². The van der Waals surface area contributed by atoms with Gasteiger partial charge in [0, 0.05) is 31.9 Å². The zero-order chi connectivity index (χ0) is 16.4. The molecule has 24 heavy (non-hydrogen) atoms. The summed E-state index contributed by atoms with van der Waals surface area (Å²) < 4.78 is 0. The lowest BCUT2D eigenvalue weighted by molar-refractivity contribution is 0.0684. The fourth-order valence-corrected chi connectivity index (χ4v) is 3.25. The Morgan fingerprint density at radius 2 is 1.96 bits per heavy atom. The first-order valence-corrected chi connectivity index (χ1v) is 8.29. The first kappa shape index (κ1) is 14.8. The number of carbonyl (C=O) groups excluding carboxylic acids is 1. The van der Waals surface area contributed by atoms with E-state index in [9.17, 15) is 4.79 Å². The van der Waals surface area contributed by atoms with Crippen LogP contribution in [0, 0.1) is 5.92 Å².